The maximum atomic E-state index is 11.6. The van der Waals surface area contributed by atoms with Crippen molar-refractivity contribution in [1.82, 2.24) is 0 Å². The van der Waals surface area contributed by atoms with Crippen molar-refractivity contribution in [3.05, 3.63) is 11.6 Å². The molecule has 0 radical (unpaired) electrons. The van der Waals surface area contributed by atoms with Gasteiger partial charge in [-0.1, -0.05) is 33.8 Å². The molecule has 1 fully saturated rings. The first-order valence-corrected chi connectivity index (χ1v) is 10.1. The van der Waals surface area contributed by atoms with Gasteiger partial charge in [-0.2, -0.15) is 0 Å². The molecule has 0 heterocycles. The fourth-order valence-electron chi connectivity index (χ4n) is 5.66. The Kier molecular flexibility index (Phi) is 6.95. The average Bonchev–Trinajstić information content (AvgIpc) is 2.58. The van der Waals surface area contributed by atoms with Crippen LogP contribution < -0.4 is 0 Å². The molecule has 0 aromatic rings. The fourth-order valence-corrected chi connectivity index (χ4v) is 5.66. The number of aliphatic hydroxyl groups excluding tert-OH is 1. The van der Waals surface area contributed by atoms with Gasteiger partial charge in [0, 0.05) is 13.5 Å². The highest BCUT2D eigenvalue weighted by Crippen LogP contribution is 2.60. The number of hydrogen-bond acceptors (Lipinski definition) is 4. The SMILES string of the molecule is COCC1=CC[C@H]2C(C)(C)[C@@H](O)CC[C@]2(C)[C@H]1CC[C@H](C)CC(=O)OC. The van der Waals surface area contributed by atoms with Gasteiger partial charge in [0.25, 0.3) is 0 Å². The molecule has 2 aliphatic carbocycles. The Morgan fingerprint density at radius 1 is 1.35 bits per heavy atom. The molecule has 4 heteroatoms. The Morgan fingerprint density at radius 2 is 2.04 bits per heavy atom. The highest BCUT2D eigenvalue weighted by Gasteiger charge is 2.55. The lowest BCUT2D eigenvalue weighted by molar-refractivity contribution is -0.141. The molecule has 1 N–H and O–H groups in total. The third-order valence-electron chi connectivity index (χ3n) is 7.37. The van der Waals surface area contributed by atoms with Crippen molar-refractivity contribution in [3.63, 3.8) is 0 Å². The zero-order chi connectivity index (χ0) is 19.5. The van der Waals surface area contributed by atoms with Gasteiger partial charge >= 0.3 is 5.97 Å². The molecule has 4 nitrogen and oxygen atoms in total. The molecule has 150 valence electrons. The first kappa shape index (κ1) is 21.4. The van der Waals surface area contributed by atoms with Crippen molar-refractivity contribution >= 4 is 5.97 Å². The summed E-state index contributed by atoms with van der Waals surface area (Å²) >= 11 is 0. The zero-order valence-electron chi connectivity index (χ0n) is 17.5. The monoisotopic (exact) mass is 366 g/mol. The van der Waals surface area contributed by atoms with Crippen LogP contribution in [0.15, 0.2) is 11.6 Å². The molecule has 0 saturated heterocycles. The van der Waals surface area contributed by atoms with Crippen LogP contribution in [0.25, 0.3) is 0 Å². The second-order valence-corrected chi connectivity index (χ2v) is 9.40. The molecule has 26 heavy (non-hydrogen) atoms. The van der Waals surface area contributed by atoms with Gasteiger partial charge in [0.1, 0.15) is 0 Å². The van der Waals surface area contributed by atoms with E-state index in [9.17, 15) is 9.90 Å². The molecule has 5 atom stereocenters. The van der Waals surface area contributed by atoms with Crippen LogP contribution >= 0.6 is 0 Å². The van der Waals surface area contributed by atoms with E-state index in [1.807, 2.05) is 0 Å². The third-order valence-corrected chi connectivity index (χ3v) is 7.37. The summed E-state index contributed by atoms with van der Waals surface area (Å²) in [5.74, 6) is 1.12. The van der Waals surface area contributed by atoms with Crippen LogP contribution in [0.5, 0.6) is 0 Å². The van der Waals surface area contributed by atoms with Crippen LogP contribution in [0.3, 0.4) is 0 Å². The van der Waals surface area contributed by atoms with E-state index in [0.29, 0.717) is 30.8 Å². The van der Waals surface area contributed by atoms with Gasteiger partial charge < -0.3 is 14.6 Å². The molecule has 0 aromatic heterocycles. The summed E-state index contributed by atoms with van der Waals surface area (Å²) in [7, 11) is 3.22. The lowest BCUT2D eigenvalue weighted by Crippen LogP contribution is -2.54. The van der Waals surface area contributed by atoms with E-state index in [2.05, 4.69) is 33.8 Å². The first-order chi connectivity index (χ1) is 12.2. The summed E-state index contributed by atoms with van der Waals surface area (Å²) in [6.45, 7) is 9.69. The molecule has 2 aliphatic rings. The van der Waals surface area contributed by atoms with Crippen molar-refractivity contribution in [2.75, 3.05) is 20.8 Å². The van der Waals surface area contributed by atoms with Crippen LogP contribution in [0.1, 0.15) is 66.2 Å². The van der Waals surface area contributed by atoms with Crippen molar-refractivity contribution in [1.29, 1.82) is 0 Å². The molecular formula is C22H38O4. The van der Waals surface area contributed by atoms with Gasteiger partial charge in [-0.15, -0.1) is 0 Å². The molecule has 0 unspecified atom stereocenters. The molecule has 0 amide bonds. The largest absolute Gasteiger partial charge is 0.469 e. The summed E-state index contributed by atoms with van der Waals surface area (Å²) in [6, 6.07) is 0. The maximum Gasteiger partial charge on any atom is 0.305 e. The summed E-state index contributed by atoms with van der Waals surface area (Å²) in [6.07, 6.45) is 7.64. The molecule has 1 saturated carbocycles. The lowest BCUT2D eigenvalue weighted by Gasteiger charge is -2.58. The zero-order valence-corrected chi connectivity index (χ0v) is 17.5. The second-order valence-electron chi connectivity index (χ2n) is 9.40. The Hall–Kier alpha value is -0.870. The molecule has 0 aliphatic heterocycles. The average molecular weight is 367 g/mol. The van der Waals surface area contributed by atoms with Gasteiger partial charge in [0.05, 0.1) is 19.8 Å². The Bertz CT molecular complexity index is 524. The van der Waals surface area contributed by atoms with Gasteiger partial charge in [0.2, 0.25) is 0 Å². The predicted octanol–water partition coefficient (Wildman–Crippen LogP) is 4.36. The predicted molar refractivity (Wildman–Crippen MR) is 104 cm³/mol. The van der Waals surface area contributed by atoms with Crippen LogP contribution in [-0.2, 0) is 14.3 Å². The van der Waals surface area contributed by atoms with Crippen molar-refractivity contribution < 1.29 is 19.4 Å². The lowest BCUT2D eigenvalue weighted by atomic mass is 9.47. The summed E-state index contributed by atoms with van der Waals surface area (Å²) in [5.41, 5.74) is 1.51. The van der Waals surface area contributed by atoms with Crippen molar-refractivity contribution in [2.24, 2.45) is 28.6 Å². The standard InChI is InChI=1S/C22H38O4/c1-15(13-20(24)26-6)7-9-17-16(14-25-5)8-10-18-21(2,3)19(23)11-12-22(17,18)4/h8,15,17-19,23H,7,9-14H2,1-6H3/t15-,17-,18-,19-,22+/m0/s1. The highest BCUT2D eigenvalue weighted by atomic mass is 16.5. The van der Waals surface area contributed by atoms with Crippen molar-refractivity contribution in [2.45, 2.75) is 72.3 Å². The highest BCUT2D eigenvalue weighted by molar-refractivity contribution is 5.69. The van der Waals surface area contributed by atoms with E-state index in [1.54, 1.807) is 7.11 Å². The number of fused-ring (bicyclic) bond motifs is 1. The van der Waals surface area contributed by atoms with Crippen LogP contribution in [0.2, 0.25) is 0 Å². The van der Waals surface area contributed by atoms with E-state index in [4.69, 9.17) is 9.47 Å². The number of carbonyl (C=O) groups is 1. The summed E-state index contributed by atoms with van der Waals surface area (Å²) < 4.78 is 10.3. The molecule has 0 aromatic carbocycles. The van der Waals surface area contributed by atoms with Crippen molar-refractivity contribution in [3.8, 4) is 0 Å². The number of ether oxygens (including phenoxy) is 2. The minimum Gasteiger partial charge on any atom is -0.469 e. The van der Waals surface area contributed by atoms with E-state index in [1.165, 1.54) is 12.7 Å². The fraction of sp³-hybridized carbons (Fsp3) is 0.864. The number of carbonyl (C=O) groups excluding carboxylic acids is 1. The maximum absolute atomic E-state index is 11.6. The number of methoxy groups -OCH3 is 2. The van der Waals surface area contributed by atoms with E-state index < -0.39 is 0 Å². The van der Waals surface area contributed by atoms with Gasteiger partial charge in [-0.05, 0) is 66.3 Å². The Labute approximate surface area is 159 Å². The van der Waals surface area contributed by atoms with E-state index in [0.717, 1.165) is 32.1 Å². The van der Waals surface area contributed by atoms with Gasteiger partial charge in [-0.3, -0.25) is 4.79 Å². The molecule has 0 spiro atoms. The molecule has 2 rings (SSSR count). The topological polar surface area (TPSA) is 55.8 Å². The Morgan fingerprint density at radius 3 is 2.65 bits per heavy atom. The summed E-state index contributed by atoms with van der Waals surface area (Å²) in [5, 5.41) is 10.6. The third kappa shape index (κ3) is 4.17. The molecule has 0 bridgehead atoms. The van der Waals surface area contributed by atoms with E-state index >= 15 is 0 Å². The first-order valence-electron chi connectivity index (χ1n) is 10.1. The van der Waals surface area contributed by atoms with Crippen LogP contribution in [0.4, 0.5) is 0 Å². The minimum absolute atomic E-state index is 0.0714. The summed E-state index contributed by atoms with van der Waals surface area (Å²) in [4.78, 5) is 11.6. The smallest absolute Gasteiger partial charge is 0.305 e. The van der Waals surface area contributed by atoms with Gasteiger partial charge in [0.15, 0.2) is 0 Å². The number of rotatable bonds is 7. The van der Waals surface area contributed by atoms with Crippen LogP contribution in [0, 0.1) is 28.6 Å². The number of aliphatic hydroxyl groups is 1. The number of esters is 1. The Balaban J connectivity index is 2.20. The quantitative estimate of drug-likeness (QED) is 0.537. The molecular weight excluding hydrogens is 328 g/mol. The number of allylic oxidation sites excluding steroid dienone is 1. The normalized spacial score (nSPS) is 34.6. The van der Waals surface area contributed by atoms with E-state index in [-0.39, 0.29) is 22.9 Å². The minimum atomic E-state index is -0.225. The van der Waals surface area contributed by atoms with Crippen LogP contribution in [-0.4, -0.2) is 38.0 Å². The van der Waals surface area contributed by atoms with Gasteiger partial charge in [-0.25, -0.2) is 0 Å². The number of hydrogen-bond donors (Lipinski definition) is 1. The second kappa shape index (κ2) is 8.43.